The lowest BCUT2D eigenvalue weighted by molar-refractivity contribution is -0.144. The third-order valence-corrected chi connectivity index (χ3v) is 4.36. The Kier molecular flexibility index (Phi) is 5.54. The van der Waals surface area contributed by atoms with Crippen LogP contribution in [0.1, 0.15) is 38.3 Å². The molecule has 0 atom stereocenters. The smallest absolute Gasteiger partial charge is 0.307 e. The van der Waals surface area contributed by atoms with E-state index in [-0.39, 0.29) is 38.0 Å². The van der Waals surface area contributed by atoms with Crippen LogP contribution >= 0.6 is 0 Å². The van der Waals surface area contributed by atoms with Gasteiger partial charge in [0.15, 0.2) is 0 Å². The molecule has 0 spiro atoms. The third kappa shape index (κ3) is 4.16. The molecule has 0 saturated heterocycles. The number of nitrogens with zero attached hydrogens (tertiary/aromatic N) is 1. The van der Waals surface area contributed by atoms with E-state index in [2.05, 4.69) is 0 Å². The van der Waals surface area contributed by atoms with Gasteiger partial charge in [0.1, 0.15) is 19.0 Å². The van der Waals surface area contributed by atoms with E-state index in [0.717, 1.165) is 21.8 Å². The summed E-state index contributed by atoms with van der Waals surface area (Å²) in [5, 5.41) is 0. The van der Waals surface area contributed by atoms with Gasteiger partial charge in [0.25, 0.3) is 11.8 Å². The highest BCUT2D eigenvalue weighted by molar-refractivity contribution is 6.21. The first-order valence-corrected chi connectivity index (χ1v) is 8.78. The van der Waals surface area contributed by atoms with Gasteiger partial charge in [-0.2, -0.15) is 0 Å². The molecule has 0 bridgehead atoms. The van der Waals surface area contributed by atoms with E-state index >= 15 is 0 Å². The van der Waals surface area contributed by atoms with E-state index in [0.29, 0.717) is 11.1 Å². The van der Waals surface area contributed by atoms with Gasteiger partial charge < -0.3 is 9.47 Å². The molecular formula is C21H21NO5. The Morgan fingerprint density at radius 3 is 2.48 bits per heavy atom. The Labute approximate surface area is 157 Å². The minimum atomic E-state index is -0.476. The van der Waals surface area contributed by atoms with Crippen molar-refractivity contribution in [3.63, 3.8) is 0 Å². The summed E-state index contributed by atoms with van der Waals surface area (Å²) in [6, 6.07) is 12.7. The van der Waals surface area contributed by atoms with Crippen LogP contribution in [0.4, 0.5) is 0 Å². The molecule has 0 saturated carbocycles. The fraction of sp³-hybridized carbons (Fsp3) is 0.286. The molecule has 1 aliphatic heterocycles. The first-order chi connectivity index (χ1) is 13.0. The van der Waals surface area contributed by atoms with Crippen molar-refractivity contribution in [2.24, 2.45) is 0 Å². The zero-order chi connectivity index (χ0) is 19.4. The predicted molar refractivity (Wildman–Crippen MR) is 98.8 cm³/mol. The Morgan fingerprint density at radius 2 is 1.70 bits per heavy atom. The highest BCUT2D eigenvalue weighted by Crippen LogP contribution is 2.24. The van der Waals surface area contributed by atoms with Crippen molar-refractivity contribution in [2.45, 2.75) is 20.3 Å². The lowest BCUT2D eigenvalue weighted by atomic mass is 10.1. The number of carbonyl (C=O) groups excluding carboxylic acids is 3. The van der Waals surface area contributed by atoms with E-state index < -0.39 is 5.97 Å². The zero-order valence-corrected chi connectivity index (χ0v) is 15.4. The van der Waals surface area contributed by atoms with E-state index in [9.17, 15) is 14.4 Å². The molecule has 6 nitrogen and oxygen atoms in total. The number of rotatable bonds is 7. The van der Waals surface area contributed by atoms with Crippen LogP contribution < -0.4 is 4.74 Å². The van der Waals surface area contributed by atoms with Crippen LogP contribution in [0.15, 0.2) is 42.5 Å². The molecule has 2 amide bonds. The summed E-state index contributed by atoms with van der Waals surface area (Å²) in [7, 11) is 0. The normalized spacial score (nSPS) is 12.9. The second kappa shape index (κ2) is 8.03. The largest absolute Gasteiger partial charge is 0.490 e. The van der Waals surface area contributed by atoms with Gasteiger partial charge in [-0.05, 0) is 37.6 Å². The van der Waals surface area contributed by atoms with Crippen LogP contribution in [0.2, 0.25) is 0 Å². The Morgan fingerprint density at radius 1 is 0.963 bits per heavy atom. The Balaban J connectivity index is 1.44. The number of hydrogen-bond acceptors (Lipinski definition) is 5. The average molecular weight is 367 g/mol. The minimum absolute atomic E-state index is 0.00286. The second-order valence-corrected chi connectivity index (χ2v) is 6.40. The maximum Gasteiger partial charge on any atom is 0.307 e. The van der Waals surface area contributed by atoms with Crippen molar-refractivity contribution in [3.05, 3.63) is 64.7 Å². The molecular weight excluding hydrogens is 346 g/mol. The van der Waals surface area contributed by atoms with Crippen LogP contribution in [0, 0.1) is 13.8 Å². The van der Waals surface area contributed by atoms with Crippen LogP contribution in [0.3, 0.4) is 0 Å². The van der Waals surface area contributed by atoms with Gasteiger partial charge in [0.05, 0.1) is 17.5 Å². The molecule has 3 rings (SSSR count). The highest BCUT2D eigenvalue weighted by atomic mass is 16.6. The van der Waals surface area contributed by atoms with Gasteiger partial charge >= 0.3 is 5.97 Å². The molecule has 0 fully saturated rings. The second-order valence-electron chi connectivity index (χ2n) is 6.40. The lowest BCUT2D eigenvalue weighted by Crippen LogP contribution is -2.32. The standard InChI is InChI=1S/C21H21NO5/c1-14-7-8-16-17(13-14)21(25)22(20(16)24)10-9-19(23)27-12-11-26-18-6-4-3-5-15(18)2/h3-8,13H,9-12H2,1-2H3. The number of benzene rings is 2. The number of fused-ring (bicyclic) bond motifs is 1. The number of hydrogen-bond donors (Lipinski definition) is 0. The van der Waals surface area contributed by atoms with E-state index in [4.69, 9.17) is 9.47 Å². The van der Waals surface area contributed by atoms with Gasteiger partial charge in [-0.1, -0.05) is 29.8 Å². The van der Waals surface area contributed by atoms with Crippen LogP contribution in [0.5, 0.6) is 5.75 Å². The molecule has 0 unspecified atom stereocenters. The topological polar surface area (TPSA) is 72.9 Å². The van der Waals surface area contributed by atoms with Crippen LogP contribution in [0.25, 0.3) is 0 Å². The summed E-state index contributed by atoms with van der Waals surface area (Å²) in [4.78, 5) is 37.7. The number of para-hydroxylation sites is 1. The molecule has 0 aromatic heterocycles. The van der Waals surface area contributed by atoms with Crippen LogP contribution in [-0.4, -0.2) is 42.4 Å². The van der Waals surface area contributed by atoms with Gasteiger partial charge in [-0.25, -0.2) is 0 Å². The lowest BCUT2D eigenvalue weighted by Gasteiger charge is -2.13. The van der Waals surface area contributed by atoms with Gasteiger partial charge in [0, 0.05) is 6.54 Å². The Bertz CT molecular complexity index is 890. The monoisotopic (exact) mass is 367 g/mol. The van der Waals surface area contributed by atoms with Crippen molar-refractivity contribution < 1.29 is 23.9 Å². The molecule has 6 heteroatoms. The minimum Gasteiger partial charge on any atom is -0.490 e. The molecule has 0 N–H and O–H groups in total. The average Bonchev–Trinajstić information content (AvgIpc) is 2.88. The summed E-state index contributed by atoms with van der Waals surface area (Å²) in [6.07, 6.45) is -0.0468. The van der Waals surface area contributed by atoms with E-state index in [1.165, 1.54) is 0 Å². The summed E-state index contributed by atoms with van der Waals surface area (Å²) in [5.74, 6) is -0.467. The van der Waals surface area contributed by atoms with Crippen molar-refractivity contribution in [1.82, 2.24) is 4.90 Å². The fourth-order valence-corrected chi connectivity index (χ4v) is 2.91. The van der Waals surface area contributed by atoms with Crippen molar-refractivity contribution in [1.29, 1.82) is 0 Å². The van der Waals surface area contributed by atoms with Gasteiger partial charge in [-0.3, -0.25) is 19.3 Å². The molecule has 0 radical (unpaired) electrons. The molecule has 0 aliphatic carbocycles. The molecule has 2 aromatic carbocycles. The van der Waals surface area contributed by atoms with E-state index in [1.807, 2.05) is 38.1 Å². The first kappa shape index (κ1) is 18.6. The molecule has 1 aliphatic rings. The molecule has 27 heavy (non-hydrogen) atoms. The fourth-order valence-electron chi connectivity index (χ4n) is 2.91. The van der Waals surface area contributed by atoms with Gasteiger partial charge in [0.2, 0.25) is 0 Å². The molecule has 1 heterocycles. The Hall–Kier alpha value is -3.15. The number of amides is 2. The van der Waals surface area contributed by atoms with Crippen molar-refractivity contribution in [2.75, 3.05) is 19.8 Å². The number of ether oxygens (including phenoxy) is 2. The number of carbonyl (C=O) groups is 3. The maximum absolute atomic E-state index is 12.4. The predicted octanol–water partition coefficient (Wildman–Crippen LogP) is 2.91. The summed E-state index contributed by atoms with van der Waals surface area (Å²) < 4.78 is 10.7. The van der Waals surface area contributed by atoms with Crippen molar-refractivity contribution in [3.8, 4) is 5.75 Å². The zero-order valence-electron chi connectivity index (χ0n) is 15.4. The quantitative estimate of drug-likeness (QED) is 0.427. The molecule has 2 aromatic rings. The van der Waals surface area contributed by atoms with Crippen LogP contribution in [-0.2, 0) is 9.53 Å². The summed E-state index contributed by atoms with van der Waals surface area (Å²) in [6.45, 7) is 4.14. The number of esters is 1. The third-order valence-electron chi connectivity index (χ3n) is 4.36. The molecule has 140 valence electrons. The van der Waals surface area contributed by atoms with Crippen molar-refractivity contribution >= 4 is 17.8 Å². The SMILES string of the molecule is Cc1ccc2c(c1)C(=O)N(CCC(=O)OCCOc1ccccc1C)C2=O. The maximum atomic E-state index is 12.4. The first-order valence-electron chi connectivity index (χ1n) is 8.78. The summed E-state index contributed by atoms with van der Waals surface area (Å²) in [5.41, 5.74) is 2.68. The highest BCUT2D eigenvalue weighted by Gasteiger charge is 2.35. The summed E-state index contributed by atoms with van der Waals surface area (Å²) >= 11 is 0. The number of aryl methyl sites for hydroxylation is 2. The number of imide groups is 1. The van der Waals surface area contributed by atoms with Gasteiger partial charge in [-0.15, -0.1) is 0 Å². The van der Waals surface area contributed by atoms with E-state index in [1.54, 1.807) is 18.2 Å².